The molecule has 0 amide bonds. The minimum absolute atomic E-state index is 0.0810. The number of benzene rings is 1. The molecular formula is C12H16F2N2O2S. The van der Waals surface area contributed by atoms with E-state index in [9.17, 15) is 17.2 Å². The molecule has 0 saturated heterocycles. The predicted octanol–water partition coefficient (Wildman–Crippen LogP) is 1.29. The molecule has 3 N–H and O–H groups in total. The van der Waals surface area contributed by atoms with E-state index in [4.69, 9.17) is 5.73 Å². The highest BCUT2D eigenvalue weighted by Gasteiger charge is 2.34. The third-order valence-electron chi connectivity index (χ3n) is 3.25. The quantitative estimate of drug-likeness (QED) is 0.858. The number of aryl methyl sites for hydroxylation is 1. The van der Waals surface area contributed by atoms with Gasteiger partial charge in [-0.15, -0.1) is 0 Å². The predicted molar refractivity (Wildman–Crippen MR) is 67.0 cm³/mol. The molecule has 0 radical (unpaired) electrons. The van der Waals surface area contributed by atoms with Crippen molar-refractivity contribution in [1.82, 2.24) is 4.72 Å². The van der Waals surface area contributed by atoms with E-state index in [2.05, 4.69) is 4.72 Å². The Balaban J connectivity index is 2.31. The Labute approximate surface area is 111 Å². The van der Waals surface area contributed by atoms with Crippen molar-refractivity contribution in [2.24, 2.45) is 11.7 Å². The van der Waals surface area contributed by atoms with Gasteiger partial charge in [-0.25, -0.2) is 21.9 Å². The molecule has 1 aliphatic rings. The third-order valence-corrected chi connectivity index (χ3v) is 4.76. The van der Waals surface area contributed by atoms with Crippen LogP contribution in [0.3, 0.4) is 0 Å². The van der Waals surface area contributed by atoms with Crippen LogP contribution < -0.4 is 10.5 Å². The molecule has 19 heavy (non-hydrogen) atoms. The Morgan fingerprint density at radius 3 is 2.53 bits per heavy atom. The van der Waals surface area contributed by atoms with Crippen LogP contribution in [0, 0.1) is 24.5 Å². The summed E-state index contributed by atoms with van der Waals surface area (Å²) in [4.78, 5) is -0.537. The van der Waals surface area contributed by atoms with E-state index in [0.717, 1.165) is 18.9 Å². The number of rotatable bonds is 5. The molecule has 2 rings (SSSR count). The minimum Gasteiger partial charge on any atom is -0.329 e. The molecule has 1 aromatic rings. The van der Waals surface area contributed by atoms with Gasteiger partial charge in [-0.1, -0.05) is 0 Å². The van der Waals surface area contributed by atoms with Crippen LogP contribution in [0.1, 0.15) is 18.4 Å². The lowest BCUT2D eigenvalue weighted by Gasteiger charge is -2.16. The standard InChI is InChI=1S/C12H16F2N2O2S/c1-7-4-12(10(14)5-9(7)13)19(17,18)16-11(6-15)8-2-3-8/h4-5,8,11,16H,2-3,6,15H2,1H3. The van der Waals surface area contributed by atoms with Gasteiger partial charge in [0.1, 0.15) is 16.5 Å². The average Bonchev–Trinajstić information content (AvgIpc) is 3.14. The van der Waals surface area contributed by atoms with Crippen molar-refractivity contribution in [2.75, 3.05) is 6.54 Å². The first-order chi connectivity index (χ1) is 8.85. The highest BCUT2D eigenvalue weighted by molar-refractivity contribution is 7.89. The van der Waals surface area contributed by atoms with E-state index in [0.29, 0.717) is 6.07 Å². The first-order valence-corrected chi connectivity index (χ1v) is 7.51. The first-order valence-electron chi connectivity index (χ1n) is 6.03. The van der Waals surface area contributed by atoms with Crippen LogP contribution in [-0.2, 0) is 10.0 Å². The van der Waals surface area contributed by atoms with Crippen LogP contribution >= 0.6 is 0 Å². The summed E-state index contributed by atoms with van der Waals surface area (Å²) in [5.41, 5.74) is 5.59. The monoisotopic (exact) mass is 290 g/mol. The Kier molecular flexibility index (Phi) is 3.89. The molecular weight excluding hydrogens is 274 g/mol. The molecule has 1 aromatic carbocycles. The summed E-state index contributed by atoms with van der Waals surface area (Å²) in [6.07, 6.45) is 1.82. The Morgan fingerprint density at radius 1 is 1.37 bits per heavy atom. The molecule has 1 fully saturated rings. The van der Waals surface area contributed by atoms with Gasteiger partial charge in [0.15, 0.2) is 0 Å². The van der Waals surface area contributed by atoms with Gasteiger partial charge in [0.2, 0.25) is 10.0 Å². The van der Waals surface area contributed by atoms with E-state index >= 15 is 0 Å². The molecule has 106 valence electrons. The number of halogens is 2. The van der Waals surface area contributed by atoms with Crippen molar-refractivity contribution in [3.8, 4) is 0 Å². The fourth-order valence-corrected chi connectivity index (χ4v) is 3.40. The maximum absolute atomic E-state index is 13.6. The van der Waals surface area contributed by atoms with Crippen LogP contribution in [0.2, 0.25) is 0 Å². The summed E-state index contributed by atoms with van der Waals surface area (Å²) in [7, 11) is -4.02. The number of nitrogens with one attached hydrogen (secondary N) is 1. The normalized spacial score (nSPS) is 17.5. The van der Waals surface area contributed by atoms with Crippen LogP contribution in [0.5, 0.6) is 0 Å². The number of hydrogen-bond acceptors (Lipinski definition) is 3. The van der Waals surface area contributed by atoms with Gasteiger partial charge in [0.05, 0.1) is 0 Å². The number of sulfonamides is 1. The molecule has 0 spiro atoms. The Hall–Kier alpha value is -1.05. The molecule has 1 atom stereocenters. The lowest BCUT2D eigenvalue weighted by atomic mass is 10.2. The largest absolute Gasteiger partial charge is 0.329 e. The second-order valence-corrected chi connectivity index (χ2v) is 6.52. The zero-order valence-electron chi connectivity index (χ0n) is 10.5. The summed E-state index contributed by atoms with van der Waals surface area (Å²) in [6, 6.07) is 1.18. The molecule has 1 saturated carbocycles. The van der Waals surface area contributed by atoms with Crippen molar-refractivity contribution in [2.45, 2.75) is 30.7 Å². The zero-order chi connectivity index (χ0) is 14.2. The van der Waals surface area contributed by atoms with Gasteiger partial charge in [0.25, 0.3) is 0 Å². The Morgan fingerprint density at radius 2 is 2.00 bits per heavy atom. The first kappa shape index (κ1) is 14.4. The fourth-order valence-electron chi connectivity index (χ4n) is 1.93. The van der Waals surface area contributed by atoms with Gasteiger partial charge >= 0.3 is 0 Å². The van der Waals surface area contributed by atoms with Crippen LogP contribution in [0.25, 0.3) is 0 Å². The summed E-state index contributed by atoms with van der Waals surface area (Å²) >= 11 is 0. The van der Waals surface area contributed by atoms with E-state index in [1.54, 1.807) is 0 Å². The summed E-state index contributed by atoms with van der Waals surface area (Å²) < 4.78 is 53.3. The summed E-state index contributed by atoms with van der Waals surface area (Å²) in [5, 5.41) is 0. The third kappa shape index (κ3) is 3.10. The zero-order valence-corrected chi connectivity index (χ0v) is 11.3. The van der Waals surface area contributed by atoms with Gasteiger partial charge in [-0.3, -0.25) is 0 Å². The van der Waals surface area contributed by atoms with E-state index in [1.165, 1.54) is 6.92 Å². The second-order valence-electron chi connectivity index (χ2n) is 4.83. The average molecular weight is 290 g/mol. The fraction of sp³-hybridized carbons (Fsp3) is 0.500. The van der Waals surface area contributed by atoms with Gasteiger partial charge in [-0.2, -0.15) is 0 Å². The topological polar surface area (TPSA) is 72.2 Å². The van der Waals surface area contributed by atoms with Crippen molar-refractivity contribution in [3.63, 3.8) is 0 Å². The van der Waals surface area contributed by atoms with E-state index < -0.39 is 32.6 Å². The van der Waals surface area contributed by atoms with Crippen molar-refractivity contribution in [1.29, 1.82) is 0 Å². The summed E-state index contributed by atoms with van der Waals surface area (Å²) in [6.45, 7) is 1.54. The molecule has 0 aliphatic heterocycles. The van der Waals surface area contributed by atoms with Gasteiger partial charge < -0.3 is 5.73 Å². The van der Waals surface area contributed by atoms with E-state index in [1.807, 2.05) is 0 Å². The van der Waals surface area contributed by atoms with Crippen molar-refractivity contribution < 1.29 is 17.2 Å². The second kappa shape index (κ2) is 5.15. The molecule has 0 bridgehead atoms. The number of nitrogens with two attached hydrogens (primary N) is 1. The maximum Gasteiger partial charge on any atom is 0.243 e. The molecule has 1 unspecified atom stereocenters. The SMILES string of the molecule is Cc1cc(S(=O)(=O)NC(CN)C2CC2)c(F)cc1F. The van der Waals surface area contributed by atoms with Gasteiger partial charge in [0, 0.05) is 18.7 Å². The molecule has 0 heterocycles. The van der Waals surface area contributed by atoms with Gasteiger partial charge in [-0.05, 0) is 37.3 Å². The summed E-state index contributed by atoms with van der Waals surface area (Å²) in [5.74, 6) is -1.65. The Bertz CT molecular complexity index is 586. The molecule has 1 aliphatic carbocycles. The highest BCUT2D eigenvalue weighted by atomic mass is 32.2. The van der Waals surface area contributed by atoms with Crippen LogP contribution in [-0.4, -0.2) is 21.0 Å². The highest BCUT2D eigenvalue weighted by Crippen LogP contribution is 2.33. The van der Waals surface area contributed by atoms with E-state index in [-0.39, 0.29) is 18.0 Å². The minimum atomic E-state index is -4.02. The van der Waals surface area contributed by atoms with Crippen LogP contribution in [0.15, 0.2) is 17.0 Å². The van der Waals surface area contributed by atoms with Crippen LogP contribution in [0.4, 0.5) is 8.78 Å². The molecule has 7 heteroatoms. The molecule has 0 aromatic heterocycles. The number of hydrogen-bond donors (Lipinski definition) is 2. The lowest BCUT2D eigenvalue weighted by molar-refractivity contribution is 0.507. The lowest BCUT2D eigenvalue weighted by Crippen LogP contribution is -2.41. The maximum atomic E-state index is 13.6. The molecule has 4 nitrogen and oxygen atoms in total. The smallest absolute Gasteiger partial charge is 0.243 e. The van der Waals surface area contributed by atoms with Crippen molar-refractivity contribution >= 4 is 10.0 Å². The van der Waals surface area contributed by atoms with Crippen molar-refractivity contribution in [3.05, 3.63) is 29.3 Å².